The molecule has 7 nitrogen and oxygen atoms in total. The van der Waals surface area contributed by atoms with E-state index in [4.69, 9.17) is 0 Å². The van der Waals surface area contributed by atoms with E-state index in [2.05, 4.69) is 20.6 Å². The van der Waals surface area contributed by atoms with Gasteiger partial charge in [0.1, 0.15) is 10.8 Å². The van der Waals surface area contributed by atoms with Crippen molar-refractivity contribution in [2.45, 2.75) is 0 Å². The average Bonchev–Trinajstić information content (AvgIpc) is 2.99. The number of amides is 2. The fraction of sp³-hybridized carbons (Fsp3) is 0. The molecule has 0 atom stereocenters. The number of aromatic nitrogens is 2. The summed E-state index contributed by atoms with van der Waals surface area (Å²) < 4.78 is 13.4. The maximum atomic E-state index is 13.4. The van der Waals surface area contributed by atoms with Crippen LogP contribution in [0.15, 0.2) is 48.9 Å². The van der Waals surface area contributed by atoms with Crippen molar-refractivity contribution in [1.29, 1.82) is 0 Å². The van der Waals surface area contributed by atoms with E-state index in [1.54, 1.807) is 6.07 Å². The molecule has 0 saturated heterocycles. The smallest absolute Gasteiger partial charge is 0.338 e. The van der Waals surface area contributed by atoms with Gasteiger partial charge in [0.25, 0.3) is 0 Å². The fourth-order valence-corrected chi connectivity index (χ4v) is 3.08. The molecular formula is C16H11FN4O3S. The second kappa shape index (κ2) is 7.05. The Morgan fingerprint density at radius 3 is 2.68 bits per heavy atom. The molecule has 0 spiro atoms. The lowest BCUT2D eigenvalue weighted by Crippen LogP contribution is -2.20. The lowest BCUT2D eigenvalue weighted by Gasteiger charge is -2.05. The van der Waals surface area contributed by atoms with E-state index in [-0.39, 0.29) is 16.4 Å². The Hall–Kier alpha value is -3.33. The summed E-state index contributed by atoms with van der Waals surface area (Å²) >= 11 is 1.03. The number of hydrogen-bond acceptors (Lipinski definition) is 5. The van der Waals surface area contributed by atoms with Crippen molar-refractivity contribution in [3.63, 3.8) is 0 Å². The molecule has 0 aliphatic heterocycles. The van der Waals surface area contributed by atoms with Crippen LogP contribution in [-0.2, 0) is 0 Å². The third kappa shape index (κ3) is 3.96. The molecule has 1 aromatic carbocycles. The number of urea groups is 1. The quantitative estimate of drug-likeness (QED) is 0.660. The van der Waals surface area contributed by atoms with Crippen LogP contribution < -0.4 is 10.6 Å². The van der Waals surface area contributed by atoms with Crippen molar-refractivity contribution in [1.82, 2.24) is 9.97 Å². The normalized spacial score (nSPS) is 10.3. The summed E-state index contributed by atoms with van der Waals surface area (Å²) in [4.78, 5) is 31.7. The lowest BCUT2D eigenvalue weighted by atomic mass is 10.1. The first kappa shape index (κ1) is 16.5. The van der Waals surface area contributed by atoms with Crippen LogP contribution in [0.3, 0.4) is 0 Å². The van der Waals surface area contributed by atoms with Crippen LogP contribution in [0, 0.1) is 5.82 Å². The molecule has 0 fully saturated rings. The Labute approximate surface area is 145 Å². The third-order valence-electron chi connectivity index (χ3n) is 3.10. The zero-order chi connectivity index (χ0) is 17.8. The Morgan fingerprint density at radius 2 is 2.00 bits per heavy atom. The summed E-state index contributed by atoms with van der Waals surface area (Å²) in [5, 5.41) is 14.4. The summed E-state index contributed by atoms with van der Waals surface area (Å²) in [7, 11) is 0. The van der Waals surface area contributed by atoms with Gasteiger partial charge in [0.05, 0.1) is 11.8 Å². The standard InChI is InChI=1S/C16H11FN4O3S/c17-10-3-1-2-9(6-10)12-7-11(15(22)23)14(25-12)21-16(24)20-13-8-18-4-5-19-13/h1-8H,(H,22,23)(H2,19,20,21,24). The van der Waals surface area contributed by atoms with Gasteiger partial charge < -0.3 is 5.11 Å². The molecule has 0 saturated carbocycles. The number of rotatable bonds is 4. The van der Waals surface area contributed by atoms with Gasteiger partial charge in [-0.3, -0.25) is 15.6 Å². The minimum Gasteiger partial charge on any atom is -0.478 e. The Kier molecular flexibility index (Phi) is 4.66. The van der Waals surface area contributed by atoms with Crippen molar-refractivity contribution in [3.05, 3.63) is 60.3 Å². The van der Waals surface area contributed by atoms with Crippen molar-refractivity contribution in [2.75, 3.05) is 10.6 Å². The van der Waals surface area contributed by atoms with Crippen LogP contribution in [0.5, 0.6) is 0 Å². The molecule has 25 heavy (non-hydrogen) atoms. The van der Waals surface area contributed by atoms with Crippen LogP contribution in [0.2, 0.25) is 0 Å². The first-order chi connectivity index (χ1) is 12.0. The molecule has 3 rings (SSSR count). The molecule has 0 radical (unpaired) electrons. The highest BCUT2D eigenvalue weighted by Crippen LogP contribution is 2.35. The third-order valence-corrected chi connectivity index (χ3v) is 4.20. The van der Waals surface area contributed by atoms with Crippen LogP contribution in [0.25, 0.3) is 10.4 Å². The van der Waals surface area contributed by atoms with Gasteiger partial charge in [-0.05, 0) is 23.8 Å². The summed E-state index contributed by atoms with van der Waals surface area (Å²) in [6.07, 6.45) is 4.21. The number of nitrogens with zero attached hydrogens (tertiary/aromatic N) is 2. The van der Waals surface area contributed by atoms with E-state index >= 15 is 0 Å². The minimum atomic E-state index is -1.20. The first-order valence-corrected chi connectivity index (χ1v) is 7.81. The van der Waals surface area contributed by atoms with E-state index in [9.17, 15) is 19.1 Å². The number of hydrogen-bond donors (Lipinski definition) is 3. The van der Waals surface area contributed by atoms with Crippen molar-refractivity contribution < 1.29 is 19.1 Å². The number of anilines is 2. The summed E-state index contributed by atoms with van der Waals surface area (Å²) in [6.45, 7) is 0. The number of nitrogens with one attached hydrogen (secondary N) is 2. The number of carbonyl (C=O) groups excluding carboxylic acids is 1. The highest BCUT2D eigenvalue weighted by atomic mass is 32.1. The summed E-state index contributed by atoms with van der Waals surface area (Å²) in [6, 6.07) is 6.50. The Morgan fingerprint density at radius 1 is 1.16 bits per heavy atom. The molecule has 0 aliphatic rings. The van der Waals surface area contributed by atoms with Gasteiger partial charge in [-0.15, -0.1) is 11.3 Å². The van der Waals surface area contributed by atoms with E-state index in [0.29, 0.717) is 10.4 Å². The molecule has 3 N–H and O–H groups in total. The number of halogens is 1. The van der Waals surface area contributed by atoms with Gasteiger partial charge in [0.2, 0.25) is 0 Å². The van der Waals surface area contributed by atoms with Crippen LogP contribution in [0.4, 0.5) is 20.0 Å². The molecule has 0 aliphatic carbocycles. The van der Waals surface area contributed by atoms with Gasteiger partial charge >= 0.3 is 12.0 Å². The zero-order valence-corrected chi connectivity index (χ0v) is 13.4. The topological polar surface area (TPSA) is 104 Å². The molecule has 2 amide bonds. The summed E-state index contributed by atoms with van der Waals surface area (Å²) in [5.74, 6) is -1.41. The van der Waals surface area contributed by atoms with E-state index < -0.39 is 17.8 Å². The van der Waals surface area contributed by atoms with Gasteiger partial charge in [0.15, 0.2) is 5.82 Å². The highest BCUT2D eigenvalue weighted by Gasteiger charge is 2.18. The van der Waals surface area contributed by atoms with Gasteiger partial charge in [-0.25, -0.2) is 19.0 Å². The second-order valence-electron chi connectivity index (χ2n) is 4.84. The number of carbonyl (C=O) groups is 2. The van der Waals surface area contributed by atoms with Crippen molar-refractivity contribution >= 4 is 34.2 Å². The van der Waals surface area contributed by atoms with E-state index in [1.807, 2.05) is 0 Å². The Balaban J connectivity index is 1.85. The number of benzene rings is 1. The fourth-order valence-electron chi connectivity index (χ4n) is 2.04. The number of carboxylic acids is 1. The van der Waals surface area contributed by atoms with E-state index in [0.717, 1.165) is 11.3 Å². The molecule has 2 aromatic heterocycles. The molecule has 2 heterocycles. The number of carboxylic acid groups (broad SMARTS) is 1. The lowest BCUT2D eigenvalue weighted by molar-refractivity contribution is 0.0698. The van der Waals surface area contributed by atoms with E-state index in [1.165, 1.54) is 42.9 Å². The molecule has 126 valence electrons. The molecule has 3 aromatic rings. The number of aromatic carboxylic acids is 1. The number of thiophene rings is 1. The Bertz CT molecular complexity index is 930. The molecule has 9 heteroatoms. The predicted molar refractivity (Wildman–Crippen MR) is 91.3 cm³/mol. The highest BCUT2D eigenvalue weighted by molar-refractivity contribution is 7.20. The molecule has 0 bridgehead atoms. The SMILES string of the molecule is O=C(Nc1cnccn1)Nc1sc(-c2cccc(F)c2)cc1C(=O)O. The molecular weight excluding hydrogens is 347 g/mol. The average molecular weight is 358 g/mol. The second-order valence-corrected chi connectivity index (χ2v) is 5.89. The largest absolute Gasteiger partial charge is 0.478 e. The van der Waals surface area contributed by atoms with Crippen LogP contribution in [0.1, 0.15) is 10.4 Å². The van der Waals surface area contributed by atoms with Crippen LogP contribution in [-0.4, -0.2) is 27.1 Å². The van der Waals surface area contributed by atoms with Crippen LogP contribution >= 0.6 is 11.3 Å². The monoisotopic (exact) mass is 358 g/mol. The zero-order valence-electron chi connectivity index (χ0n) is 12.6. The predicted octanol–water partition coefficient (Wildman–Crippen LogP) is 3.69. The summed E-state index contributed by atoms with van der Waals surface area (Å²) in [5.41, 5.74) is 0.438. The molecule has 0 unspecified atom stereocenters. The first-order valence-electron chi connectivity index (χ1n) is 7.00. The van der Waals surface area contributed by atoms with Gasteiger partial charge in [0, 0.05) is 17.3 Å². The van der Waals surface area contributed by atoms with Gasteiger partial charge in [-0.1, -0.05) is 12.1 Å². The maximum absolute atomic E-state index is 13.4. The maximum Gasteiger partial charge on any atom is 0.338 e. The van der Waals surface area contributed by atoms with Crippen molar-refractivity contribution in [2.24, 2.45) is 0 Å². The van der Waals surface area contributed by atoms with Crippen molar-refractivity contribution in [3.8, 4) is 10.4 Å². The minimum absolute atomic E-state index is 0.0847. The van der Waals surface area contributed by atoms with Gasteiger partial charge in [-0.2, -0.15) is 0 Å².